The number of alkyl halides is 5. The van der Waals surface area contributed by atoms with Crippen LogP contribution < -0.4 is 10.1 Å². The Hall–Kier alpha value is -4.14. The van der Waals surface area contributed by atoms with E-state index in [-0.39, 0.29) is 28.9 Å². The molecule has 0 radical (unpaired) electrons. The molecule has 3 heterocycles. The SMILES string of the molecule is COc1cc(NC2=NN3CCC(F)(F)CC(c4ccc(F)cc4)C3N2OC(=O)C(F)(F)F)ccc1-n1cnc(Cl)c1. The molecule has 41 heavy (non-hydrogen) atoms. The van der Waals surface area contributed by atoms with Crippen molar-refractivity contribution in [2.24, 2.45) is 5.10 Å². The number of imidazole rings is 1. The minimum Gasteiger partial charge on any atom is -0.494 e. The van der Waals surface area contributed by atoms with Gasteiger partial charge in [-0.1, -0.05) is 23.7 Å². The van der Waals surface area contributed by atoms with Gasteiger partial charge in [-0.05, 0) is 29.8 Å². The molecule has 2 aliphatic rings. The highest BCUT2D eigenvalue weighted by Crippen LogP contribution is 2.43. The zero-order valence-corrected chi connectivity index (χ0v) is 21.8. The molecule has 1 saturated heterocycles. The number of methoxy groups -OCH3 is 1. The van der Waals surface area contributed by atoms with E-state index in [0.29, 0.717) is 16.5 Å². The van der Waals surface area contributed by atoms with Crippen molar-refractivity contribution in [3.63, 3.8) is 0 Å². The number of hydrogen-bond donors (Lipinski definition) is 1. The molecule has 1 fully saturated rings. The molecule has 0 amide bonds. The third-order valence-electron chi connectivity index (χ3n) is 6.54. The molecule has 0 bridgehead atoms. The lowest BCUT2D eigenvalue weighted by atomic mass is 9.90. The van der Waals surface area contributed by atoms with Gasteiger partial charge in [-0.3, -0.25) is 5.01 Å². The maximum atomic E-state index is 14.8. The van der Waals surface area contributed by atoms with Crippen LogP contribution in [0.5, 0.6) is 5.75 Å². The van der Waals surface area contributed by atoms with E-state index in [1.165, 1.54) is 43.9 Å². The lowest BCUT2D eigenvalue weighted by Crippen LogP contribution is -2.49. The third-order valence-corrected chi connectivity index (χ3v) is 6.73. The van der Waals surface area contributed by atoms with Crippen LogP contribution in [0.4, 0.5) is 32.0 Å². The van der Waals surface area contributed by atoms with Crippen LogP contribution >= 0.6 is 11.6 Å². The van der Waals surface area contributed by atoms with Gasteiger partial charge in [0.2, 0.25) is 0 Å². The van der Waals surface area contributed by atoms with Crippen molar-refractivity contribution < 1.29 is 40.7 Å². The molecule has 2 unspecified atom stereocenters. The van der Waals surface area contributed by atoms with Gasteiger partial charge in [-0.15, -0.1) is 10.2 Å². The number of aromatic nitrogens is 2. The minimum atomic E-state index is -5.39. The molecule has 2 atom stereocenters. The van der Waals surface area contributed by atoms with Crippen LogP contribution in [0.1, 0.15) is 24.3 Å². The number of carbonyl (C=O) groups is 1. The summed E-state index contributed by atoms with van der Waals surface area (Å²) in [4.78, 5) is 20.6. The lowest BCUT2D eigenvalue weighted by molar-refractivity contribution is -0.235. The first-order chi connectivity index (χ1) is 19.3. The Morgan fingerprint density at radius 3 is 2.54 bits per heavy atom. The molecule has 0 saturated carbocycles. The van der Waals surface area contributed by atoms with Crippen LogP contribution in [-0.4, -0.2) is 63.5 Å². The van der Waals surface area contributed by atoms with Crippen LogP contribution in [-0.2, 0) is 9.63 Å². The van der Waals surface area contributed by atoms with E-state index in [1.807, 2.05) is 0 Å². The fourth-order valence-electron chi connectivity index (χ4n) is 4.68. The molecular weight excluding hydrogens is 582 g/mol. The molecule has 0 spiro atoms. The van der Waals surface area contributed by atoms with E-state index in [1.54, 1.807) is 10.6 Å². The van der Waals surface area contributed by atoms with Crippen molar-refractivity contribution in [2.75, 3.05) is 19.0 Å². The number of rotatable bonds is 5. The first-order valence-corrected chi connectivity index (χ1v) is 12.4. The van der Waals surface area contributed by atoms with Crippen molar-refractivity contribution in [1.82, 2.24) is 19.6 Å². The van der Waals surface area contributed by atoms with Crippen LogP contribution in [0.2, 0.25) is 5.15 Å². The fourth-order valence-corrected chi connectivity index (χ4v) is 4.83. The molecule has 16 heteroatoms. The Morgan fingerprint density at radius 1 is 1.17 bits per heavy atom. The number of anilines is 1. The predicted octanol–water partition coefficient (Wildman–Crippen LogP) is 5.53. The van der Waals surface area contributed by atoms with E-state index in [0.717, 1.165) is 17.1 Å². The smallest absolute Gasteiger partial charge is 0.493 e. The van der Waals surface area contributed by atoms with E-state index in [9.17, 15) is 31.1 Å². The summed E-state index contributed by atoms with van der Waals surface area (Å²) in [7, 11) is 1.39. The Balaban J connectivity index is 1.53. The van der Waals surface area contributed by atoms with Gasteiger partial charge in [-0.2, -0.15) is 13.2 Å². The molecule has 1 aromatic heterocycles. The summed E-state index contributed by atoms with van der Waals surface area (Å²) >= 11 is 5.89. The van der Waals surface area contributed by atoms with Crippen LogP contribution in [0.3, 0.4) is 0 Å². The summed E-state index contributed by atoms with van der Waals surface area (Å²) in [5, 5.41) is 8.90. The van der Waals surface area contributed by atoms with Crippen molar-refractivity contribution >= 4 is 29.2 Å². The Labute approximate surface area is 233 Å². The number of benzene rings is 2. The number of fused-ring (bicyclic) bond motifs is 1. The number of nitrogens with one attached hydrogen (secondary N) is 1. The lowest BCUT2D eigenvalue weighted by Gasteiger charge is -2.34. The van der Waals surface area contributed by atoms with E-state index >= 15 is 0 Å². The normalized spacial score (nSPS) is 20.2. The molecule has 5 rings (SSSR count). The standard InChI is InChI=1S/C25H21ClF6N6O3/c1-40-19-10-16(6-7-18(19)36-12-20(26)33-13-36)34-23-35-37-9-8-24(28,29)11-17(14-2-4-15(27)5-3-14)21(37)38(23)41-22(39)25(30,31)32/h2-7,10,12-13,17,21H,8-9,11H2,1H3,(H,34,35). The monoisotopic (exact) mass is 602 g/mol. The highest BCUT2D eigenvalue weighted by molar-refractivity contribution is 6.29. The zero-order chi connectivity index (χ0) is 29.5. The summed E-state index contributed by atoms with van der Waals surface area (Å²) in [5.74, 6) is -7.74. The summed E-state index contributed by atoms with van der Waals surface area (Å²) in [6.07, 6.45) is -5.32. The molecule has 218 valence electrons. The van der Waals surface area contributed by atoms with Gasteiger partial charge < -0.3 is 19.5 Å². The molecular formula is C25H21ClF6N6O3. The summed E-state index contributed by atoms with van der Waals surface area (Å²) in [6, 6.07) is 9.22. The van der Waals surface area contributed by atoms with Crippen molar-refractivity contribution in [1.29, 1.82) is 0 Å². The number of guanidine groups is 1. The summed E-state index contributed by atoms with van der Waals surface area (Å²) in [6.45, 7) is -0.371. The minimum absolute atomic E-state index is 0.192. The van der Waals surface area contributed by atoms with E-state index in [4.69, 9.17) is 21.2 Å². The van der Waals surface area contributed by atoms with Gasteiger partial charge >= 0.3 is 12.1 Å². The van der Waals surface area contributed by atoms with Crippen LogP contribution in [0.25, 0.3) is 5.69 Å². The zero-order valence-electron chi connectivity index (χ0n) is 21.1. The molecule has 1 N–H and O–H groups in total. The van der Waals surface area contributed by atoms with Crippen molar-refractivity contribution in [3.8, 4) is 11.4 Å². The predicted molar refractivity (Wildman–Crippen MR) is 134 cm³/mol. The number of halogens is 7. The largest absolute Gasteiger partial charge is 0.494 e. The number of ether oxygens (including phenoxy) is 1. The highest BCUT2D eigenvalue weighted by atomic mass is 35.5. The molecule has 3 aromatic rings. The first-order valence-electron chi connectivity index (χ1n) is 12.1. The van der Waals surface area contributed by atoms with Crippen LogP contribution in [0.15, 0.2) is 60.1 Å². The number of carbonyl (C=O) groups excluding carboxylic acids is 1. The second-order valence-electron chi connectivity index (χ2n) is 9.29. The van der Waals surface area contributed by atoms with Gasteiger partial charge in [0, 0.05) is 43.3 Å². The number of hydroxylamine groups is 2. The topological polar surface area (TPSA) is 84.2 Å². The highest BCUT2D eigenvalue weighted by Gasteiger charge is 2.52. The summed E-state index contributed by atoms with van der Waals surface area (Å²) in [5.41, 5.74) is 0.973. The molecule has 9 nitrogen and oxygen atoms in total. The second-order valence-corrected chi connectivity index (χ2v) is 9.67. The van der Waals surface area contributed by atoms with Gasteiger partial charge in [0.1, 0.15) is 23.0 Å². The average molecular weight is 603 g/mol. The first kappa shape index (κ1) is 28.4. The maximum absolute atomic E-state index is 14.8. The number of hydrogen-bond acceptors (Lipinski definition) is 8. The molecule has 2 aromatic carbocycles. The van der Waals surface area contributed by atoms with Gasteiger partial charge in [0.05, 0.1) is 12.8 Å². The number of nitrogens with zero attached hydrogens (tertiary/aromatic N) is 5. The van der Waals surface area contributed by atoms with Gasteiger partial charge in [0.25, 0.3) is 11.9 Å². The number of hydrazone groups is 1. The molecule has 2 aliphatic heterocycles. The van der Waals surface area contributed by atoms with Crippen LogP contribution in [0, 0.1) is 5.82 Å². The van der Waals surface area contributed by atoms with Gasteiger partial charge in [-0.25, -0.2) is 22.9 Å². The summed E-state index contributed by atoms with van der Waals surface area (Å²) < 4.78 is 90.0. The third kappa shape index (κ3) is 5.99. The maximum Gasteiger partial charge on any atom is 0.493 e. The van der Waals surface area contributed by atoms with E-state index < -0.39 is 48.8 Å². The fraction of sp³-hybridized carbons (Fsp3) is 0.320. The second kappa shape index (κ2) is 10.7. The van der Waals surface area contributed by atoms with Crippen molar-refractivity contribution in [3.05, 3.63) is 71.5 Å². The van der Waals surface area contributed by atoms with E-state index in [2.05, 4.69) is 15.4 Å². The van der Waals surface area contributed by atoms with Gasteiger partial charge in [0.15, 0.2) is 6.17 Å². The average Bonchev–Trinajstić information content (AvgIpc) is 3.45. The quantitative estimate of drug-likeness (QED) is 0.384. The Morgan fingerprint density at radius 2 is 1.90 bits per heavy atom. The van der Waals surface area contributed by atoms with Crippen molar-refractivity contribution in [2.45, 2.75) is 37.0 Å². The Bertz CT molecular complexity index is 1460. The Kier molecular flexibility index (Phi) is 7.40. The molecule has 0 aliphatic carbocycles.